The average Bonchev–Trinajstić information content (AvgIpc) is 2.41. The second-order valence-corrected chi connectivity index (χ2v) is 6.05. The number of fused-ring (bicyclic) bond motifs is 1. The zero-order valence-electron chi connectivity index (χ0n) is 10.8. The van der Waals surface area contributed by atoms with Gasteiger partial charge in [0, 0.05) is 5.69 Å². The fraction of sp³-hybridized carbons (Fsp3) is 0.0714. The van der Waals surface area contributed by atoms with E-state index in [0.29, 0.717) is 5.69 Å². The Kier molecular flexibility index (Phi) is 2.94. The van der Waals surface area contributed by atoms with E-state index in [4.69, 9.17) is 0 Å². The van der Waals surface area contributed by atoms with E-state index in [2.05, 4.69) is 15.0 Å². The maximum atomic E-state index is 12.2. The number of para-hydroxylation sites is 2. The third kappa shape index (κ3) is 2.25. The minimum atomic E-state index is -3.67. The van der Waals surface area contributed by atoms with Crippen LogP contribution in [0.25, 0.3) is 0 Å². The zero-order chi connectivity index (χ0) is 14.2. The van der Waals surface area contributed by atoms with Gasteiger partial charge >= 0.3 is 0 Å². The Morgan fingerprint density at radius 3 is 2.55 bits per heavy atom. The molecule has 2 aromatic rings. The minimum absolute atomic E-state index is 0.205. The van der Waals surface area contributed by atoms with Gasteiger partial charge in [0.05, 0.1) is 5.69 Å². The highest BCUT2D eigenvalue weighted by molar-refractivity contribution is 7.90. The van der Waals surface area contributed by atoms with Gasteiger partial charge < -0.3 is 10.6 Å². The van der Waals surface area contributed by atoms with Crippen LogP contribution >= 0.6 is 0 Å². The van der Waals surface area contributed by atoms with Crippen molar-refractivity contribution in [1.82, 2.24) is 0 Å². The number of benzene rings is 2. The molecule has 6 heteroatoms. The Bertz CT molecular complexity index is 783. The summed E-state index contributed by atoms with van der Waals surface area (Å²) in [5.41, 5.74) is 2.19. The molecule has 5 nitrogen and oxygen atoms in total. The quantitative estimate of drug-likeness (QED) is 0.845. The highest BCUT2D eigenvalue weighted by atomic mass is 32.2. The van der Waals surface area contributed by atoms with Gasteiger partial charge in [0.2, 0.25) is 5.96 Å². The van der Waals surface area contributed by atoms with Crippen molar-refractivity contribution in [2.75, 3.05) is 10.6 Å². The number of sulfonamides is 1. The molecule has 0 bridgehead atoms. The normalized spacial score (nSPS) is 15.8. The monoisotopic (exact) mass is 287 g/mol. The molecule has 102 valence electrons. The molecule has 3 rings (SSSR count). The van der Waals surface area contributed by atoms with Crippen molar-refractivity contribution in [3.05, 3.63) is 54.1 Å². The maximum Gasteiger partial charge on any atom is 0.287 e. The van der Waals surface area contributed by atoms with Crippen LogP contribution in [-0.2, 0) is 10.0 Å². The largest absolute Gasteiger partial charge is 0.325 e. The second kappa shape index (κ2) is 4.64. The molecule has 0 saturated carbocycles. The SMILES string of the molecule is Cc1cccc2c1NC(Nc1ccccc1)=NS2(=O)=O. The third-order valence-corrected chi connectivity index (χ3v) is 4.32. The zero-order valence-corrected chi connectivity index (χ0v) is 11.6. The summed E-state index contributed by atoms with van der Waals surface area (Å²) in [5.74, 6) is 0.206. The summed E-state index contributed by atoms with van der Waals surface area (Å²) in [6.45, 7) is 1.85. The highest BCUT2D eigenvalue weighted by Crippen LogP contribution is 2.30. The Labute approximate surface area is 117 Å². The molecule has 1 aliphatic heterocycles. The molecule has 0 fully saturated rings. The number of rotatable bonds is 1. The first-order chi connectivity index (χ1) is 9.56. The van der Waals surface area contributed by atoms with Crippen molar-refractivity contribution < 1.29 is 8.42 Å². The molecule has 0 unspecified atom stereocenters. The van der Waals surface area contributed by atoms with E-state index < -0.39 is 10.0 Å². The van der Waals surface area contributed by atoms with Crippen LogP contribution in [0.1, 0.15) is 5.56 Å². The standard InChI is InChI=1S/C14H13N3O2S/c1-10-6-5-9-12-13(10)16-14(17-20(12,18)19)15-11-7-3-2-4-8-11/h2-9H,1H3,(H2,15,16,17). The lowest BCUT2D eigenvalue weighted by Crippen LogP contribution is -2.28. The van der Waals surface area contributed by atoms with E-state index in [9.17, 15) is 8.42 Å². The predicted octanol–water partition coefficient (Wildman–Crippen LogP) is 2.58. The minimum Gasteiger partial charge on any atom is -0.325 e. The molecule has 0 radical (unpaired) electrons. The van der Waals surface area contributed by atoms with Crippen LogP contribution in [0.5, 0.6) is 0 Å². The molecule has 1 aliphatic rings. The van der Waals surface area contributed by atoms with Crippen LogP contribution in [0.4, 0.5) is 11.4 Å². The summed E-state index contributed by atoms with van der Waals surface area (Å²) >= 11 is 0. The van der Waals surface area contributed by atoms with Crippen molar-refractivity contribution in [3.8, 4) is 0 Å². The van der Waals surface area contributed by atoms with Crippen molar-refractivity contribution in [2.45, 2.75) is 11.8 Å². The molecule has 20 heavy (non-hydrogen) atoms. The van der Waals surface area contributed by atoms with E-state index in [1.54, 1.807) is 12.1 Å². The fourth-order valence-corrected chi connectivity index (χ4v) is 3.19. The van der Waals surface area contributed by atoms with Crippen LogP contribution < -0.4 is 10.6 Å². The number of hydrogen-bond donors (Lipinski definition) is 2. The summed E-state index contributed by atoms with van der Waals surface area (Å²) in [7, 11) is -3.67. The molecule has 0 aromatic heterocycles. The van der Waals surface area contributed by atoms with Gasteiger partial charge in [-0.2, -0.15) is 8.42 Å². The van der Waals surface area contributed by atoms with Gasteiger partial charge in [0.1, 0.15) is 4.90 Å². The number of hydrogen-bond acceptors (Lipinski definition) is 4. The Hall–Kier alpha value is -2.34. The fourth-order valence-electron chi connectivity index (χ4n) is 2.04. The molecule has 2 N–H and O–H groups in total. The summed E-state index contributed by atoms with van der Waals surface area (Å²) in [4.78, 5) is 0.205. The van der Waals surface area contributed by atoms with E-state index in [-0.39, 0.29) is 10.9 Å². The molecule has 2 aromatic carbocycles. The Balaban J connectivity index is 2.01. The lowest BCUT2D eigenvalue weighted by atomic mass is 10.2. The van der Waals surface area contributed by atoms with Crippen molar-refractivity contribution in [1.29, 1.82) is 0 Å². The van der Waals surface area contributed by atoms with E-state index >= 15 is 0 Å². The first-order valence-electron chi connectivity index (χ1n) is 6.10. The molecular formula is C14H13N3O2S. The Morgan fingerprint density at radius 2 is 1.80 bits per heavy atom. The molecule has 1 heterocycles. The average molecular weight is 287 g/mol. The van der Waals surface area contributed by atoms with E-state index in [1.165, 1.54) is 0 Å². The van der Waals surface area contributed by atoms with Crippen LogP contribution in [0, 0.1) is 6.92 Å². The van der Waals surface area contributed by atoms with Crippen molar-refractivity contribution in [3.63, 3.8) is 0 Å². The number of nitrogens with one attached hydrogen (secondary N) is 2. The first-order valence-corrected chi connectivity index (χ1v) is 7.54. The van der Waals surface area contributed by atoms with Crippen LogP contribution in [0.2, 0.25) is 0 Å². The summed E-state index contributed by atoms with van der Waals surface area (Å²) in [6, 6.07) is 14.4. The number of guanidine groups is 1. The maximum absolute atomic E-state index is 12.2. The van der Waals surface area contributed by atoms with Gasteiger partial charge in [0.15, 0.2) is 0 Å². The van der Waals surface area contributed by atoms with Gasteiger partial charge in [-0.3, -0.25) is 0 Å². The molecule has 0 aliphatic carbocycles. The smallest absolute Gasteiger partial charge is 0.287 e. The second-order valence-electron chi connectivity index (χ2n) is 4.48. The van der Waals surface area contributed by atoms with Crippen molar-refractivity contribution in [2.24, 2.45) is 4.40 Å². The Morgan fingerprint density at radius 1 is 1.05 bits per heavy atom. The first kappa shape index (κ1) is 12.7. The summed E-state index contributed by atoms with van der Waals surface area (Å²) in [5, 5.41) is 5.99. The third-order valence-electron chi connectivity index (χ3n) is 3.00. The highest BCUT2D eigenvalue weighted by Gasteiger charge is 2.25. The lowest BCUT2D eigenvalue weighted by Gasteiger charge is -2.20. The molecular weight excluding hydrogens is 274 g/mol. The van der Waals surface area contributed by atoms with Gasteiger partial charge in [-0.15, -0.1) is 4.40 Å². The van der Waals surface area contributed by atoms with Crippen molar-refractivity contribution >= 4 is 27.4 Å². The lowest BCUT2D eigenvalue weighted by molar-refractivity contribution is 0.597. The van der Waals surface area contributed by atoms with E-state index in [0.717, 1.165) is 11.3 Å². The molecule has 0 spiro atoms. The summed E-state index contributed by atoms with van der Waals surface area (Å²) < 4.78 is 28.1. The van der Waals surface area contributed by atoms with Gasteiger partial charge in [-0.1, -0.05) is 30.3 Å². The number of aryl methyl sites for hydroxylation is 1. The summed E-state index contributed by atoms with van der Waals surface area (Å²) in [6.07, 6.45) is 0. The molecule has 0 amide bonds. The van der Waals surface area contributed by atoms with Crippen LogP contribution in [0.15, 0.2) is 57.8 Å². The topological polar surface area (TPSA) is 70.6 Å². The van der Waals surface area contributed by atoms with Crippen LogP contribution in [-0.4, -0.2) is 14.4 Å². The number of anilines is 2. The van der Waals surface area contributed by atoms with Gasteiger partial charge in [0.25, 0.3) is 10.0 Å². The number of nitrogens with zero attached hydrogens (tertiary/aromatic N) is 1. The predicted molar refractivity (Wildman–Crippen MR) is 79.5 cm³/mol. The van der Waals surface area contributed by atoms with Gasteiger partial charge in [-0.05, 0) is 30.7 Å². The van der Waals surface area contributed by atoms with E-state index in [1.807, 2.05) is 43.3 Å². The van der Waals surface area contributed by atoms with Gasteiger partial charge in [-0.25, -0.2) is 0 Å². The molecule has 0 saturated heterocycles. The molecule has 0 atom stereocenters. The van der Waals surface area contributed by atoms with Crippen LogP contribution in [0.3, 0.4) is 0 Å².